The summed E-state index contributed by atoms with van der Waals surface area (Å²) in [6.45, 7) is 0. The van der Waals surface area contributed by atoms with E-state index < -0.39 is 11.9 Å². The van der Waals surface area contributed by atoms with Crippen LogP contribution >= 0.6 is 27.7 Å². The summed E-state index contributed by atoms with van der Waals surface area (Å²) in [5, 5.41) is 0.539. The minimum absolute atomic E-state index is 0.425. The minimum Gasteiger partial charge on any atom is -0.272 e. The van der Waals surface area contributed by atoms with Gasteiger partial charge in [0, 0.05) is 5.02 Å². The molecule has 0 bridgehead atoms. The van der Waals surface area contributed by atoms with Crippen molar-refractivity contribution in [2.24, 2.45) is 0 Å². The van der Waals surface area contributed by atoms with Crippen LogP contribution in [0.4, 0.5) is 13.2 Å². The first-order valence-electron chi connectivity index (χ1n) is 4.60. The van der Waals surface area contributed by atoms with E-state index in [9.17, 15) is 13.2 Å². The van der Waals surface area contributed by atoms with Crippen molar-refractivity contribution in [1.82, 2.24) is 3.59 Å². The normalized spacial score (nSPS) is 11.8. The van der Waals surface area contributed by atoms with Crippen LogP contribution in [0.1, 0.15) is 5.69 Å². The van der Waals surface area contributed by atoms with Crippen LogP contribution in [0, 0.1) is 0 Å². The van der Waals surface area contributed by atoms with Crippen molar-refractivity contribution in [2.45, 2.75) is 6.18 Å². The van der Waals surface area contributed by atoms with E-state index in [0.717, 1.165) is 9.66 Å². The van der Waals surface area contributed by atoms with Crippen LogP contribution in [0.25, 0.3) is 11.3 Å². The van der Waals surface area contributed by atoms with E-state index in [1.165, 1.54) is 6.07 Å². The number of nitrogens with zero attached hydrogens (tertiary/aromatic N) is 1. The van der Waals surface area contributed by atoms with Crippen molar-refractivity contribution in [1.29, 1.82) is 0 Å². The lowest BCUT2D eigenvalue weighted by atomic mass is 10.2. The minimum atomic E-state index is -4.38. The van der Waals surface area contributed by atoms with E-state index in [2.05, 4.69) is 16.1 Å². The van der Waals surface area contributed by atoms with Crippen molar-refractivity contribution in [3.8, 4) is 11.3 Å². The largest absolute Gasteiger partial charge is 0.432 e. The Bertz CT molecular complexity index is 531. The summed E-state index contributed by atoms with van der Waals surface area (Å²) < 4.78 is 38.7. The standard InChI is InChI=1S/C11H6BrClF3N/c12-17-9(5-6-10(17)11(14,15)16)7-1-3-8(13)4-2-7/h1-6H. The average molecular weight is 325 g/mol. The average Bonchev–Trinajstić information content (AvgIpc) is 2.61. The van der Waals surface area contributed by atoms with Crippen molar-refractivity contribution < 1.29 is 13.2 Å². The summed E-state index contributed by atoms with van der Waals surface area (Å²) >= 11 is 8.62. The van der Waals surface area contributed by atoms with Crippen LogP contribution < -0.4 is 0 Å². The molecule has 90 valence electrons. The Morgan fingerprint density at radius 2 is 1.59 bits per heavy atom. The number of benzene rings is 1. The first kappa shape index (κ1) is 12.5. The summed E-state index contributed by atoms with van der Waals surface area (Å²) in [5.41, 5.74) is 0.332. The Balaban J connectivity index is 2.48. The summed E-state index contributed by atoms with van der Waals surface area (Å²) in [6.07, 6.45) is -4.38. The molecule has 1 aromatic heterocycles. The number of aromatic nitrogens is 1. The van der Waals surface area contributed by atoms with Gasteiger partial charge < -0.3 is 0 Å². The van der Waals surface area contributed by atoms with Crippen LogP contribution in [0.15, 0.2) is 36.4 Å². The fourth-order valence-electron chi connectivity index (χ4n) is 1.45. The van der Waals surface area contributed by atoms with Crippen molar-refractivity contribution in [3.05, 3.63) is 47.1 Å². The number of hydrogen-bond acceptors (Lipinski definition) is 0. The Labute approximate surface area is 109 Å². The van der Waals surface area contributed by atoms with Gasteiger partial charge in [-0.2, -0.15) is 13.2 Å². The SMILES string of the molecule is FC(F)(F)c1ccc(-c2ccc(Cl)cc2)n1Br. The molecule has 0 fully saturated rings. The summed E-state index contributed by atoms with van der Waals surface area (Å²) in [5.74, 6) is 0. The molecule has 0 saturated heterocycles. The third-order valence-electron chi connectivity index (χ3n) is 2.25. The number of alkyl halides is 3. The highest BCUT2D eigenvalue weighted by Crippen LogP contribution is 2.35. The monoisotopic (exact) mass is 323 g/mol. The maximum Gasteiger partial charge on any atom is 0.432 e. The molecule has 2 rings (SSSR count). The summed E-state index contributed by atoms with van der Waals surface area (Å²) in [6, 6.07) is 9.01. The molecule has 0 atom stereocenters. The van der Waals surface area contributed by atoms with Gasteiger partial charge in [0.15, 0.2) is 0 Å². The molecule has 1 aromatic carbocycles. The zero-order chi connectivity index (χ0) is 12.6. The quantitative estimate of drug-likeness (QED) is 0.697. The predicted octanol–water partition coefficient (Wildman–Crippen LogP) is 4.99. The molecule has 1 heterocycles. The van der Waals surface area contributed by atoms with Gasteiger partial charge in [0.05, 0.1) is 21.8 Å². The van der Waals surface area contributed by atoms with Crippen LogP contribution in [0.5, 0.6) is 0 Å². The zero-order valence-electron chi connectivity index (χ0n) is 8.30. The molecule has 0 amide bonds. The summed E-state index contributed by atoms with van der Waals surface area (Å²) in [4.78, 5) is 0. The molecule has 0 N–H and O–H groups in total. The zero-order valence-corrected chi connectivity index (χ0v) is 10.6. The molecule has 0 radical (unpaired) electrons. The number of hydrogen-bond donors (Lipinski definition) is 0. The van der Waals surface area contributed by atoms with Crippen molar-refractivity contribution >= 4 is 27.7 Å². The van der Waals surface area contributed by atoms with Gasteiger partial charge >= 0.3 is 6.18 Å². The second-order valence-corrected chi connectivity index (χ2v) is 4.54. The molecule has 0 aliphatic heterocycles. The van der Waals surface area contributed by atoms with Gasteiger partial charge in [-0.05, 0) is 29.8 Å². The van der Waals surface area contributed by atoms with Crippen LogP contribution in [0.2, 0.25) is 5.02 Å². The van der Waals surface area contributed by atoms with Gasteiger partial charge in [0.1, 0.15) is 5.69 Å². The van der Waals surface area contributed by atoms with E-state index in [4.69, 9.17) is 11.6 Å². The van der Waals surface area contributed by atoms with Crippen LogP contribution in [0.3, 0.4) is 0 Å². The molecule has 0 spiro atoms. The third-order valence-corrected chi connectivity index (χ3v) is 3.27. The molecule has 0 aliphatic carbocycles. The lowest BCUT2D eigenvalue weighted by Crippen LogP contribution is -2.08. The third kappa shape index (κ3) is 2.50. The highest BCUT2D eigenvalue weighted by Gasteiger charge is 2.34. The lowest BCUT2D eigenvalue weighted by molar-refractivity contribution is -0.141. The van der Waals surface area contributed by atoms with Crippen LogP contribution in [-0.4, -0.2) is 3.59 Å². The molecule has 0 unspecified atom stereocenters. The topological polar surface area (TPSA) is 4.93 Å². The molecule has 0 aliphatic rings. The Hall–Kier alpha value is -0.940. The van der Waals surface area contributed by atoms with Gasteiger partial charge in [0.25, 0.3) is 0 Å². The number of halogens is 5. The Morgan fingerprint density at radius 1 is 1.00 bits per heavy atom. The second kappa shape index (κ2) is 4.38. The van der Waals surface area contributed by atoms with E-state index in [1.807, 2.05) is 0 Å². The molecule has 2 aromatic rings. The van der Waals surface area contributed by atoms with Crippen LogP contribution in [-0.2, 0) is 6.18 Å². The second-order valence-electron chi connectivity index (χ2n) is 3.39. The van der Waals surface area contributed by atoms with Gasteiger partial charge in [0.2, 0.25) is 0 Å². The molecule has 17 heavy (non-hydrogen) atoms. The molecular formula is C11H6BrClF3N. The van der Waals surface area contributed by atoms with Gasteiger partial charge in [-0.25, -0.2) is 0 Å². The molecule has 1 nitrogen and oxygen atoms in total. The van der Waals surface area contributed by atoms with E-state index in [-0.39, 0.29) is 0 Å². The van der Waals surface area contributed by atoms with Gasteiger partial charge in [-0.1, -0.05) is 23.7 Å². The fourth-order valence-corrected chi connectivity index (χ4v) is 2.22. The Morgan fingerprint density at radius 3 is 2.06 bits per heavy atom. The highest BCUT2D eigenvalue weighted by molar-refractivity contribution is 9.08. The predicted molar refractivity (Wildman–Crippen MR) is 64.2 cm³/mol. The number of rotatable bonds is 1. The first-order valence-corrected chi connectivity index (χ1v) is 5.69. The Kier molecular flexibility index (Phi) is 3.23. The van der Waals surface area contributed by atoms with Crippen molar-refractivity contribution in [3.63, 3.8) is 0 Å². The maximum atomic E-state index is 12.6. The molecule has 6 heteroatoms. The smallest absolute Gasteiger partial charge is 0.272 e. The molecular weight excluding hydrogens is 318 g/mol. The summed E-state index contributed by atoms with van der Waals surface area (Å²) in [7, 11) is 0. The molecule has 0 saturated carbocycles. The lowest BCUT2D eigenvalue weighted by Gasteiger charge is -2.08. The van der Waals surface area contributed by atoms with E-state index in [1.54, 1.807) is 24.3 Å². The van der Waals surface area contributed by atoms with Crippen molar-refractivity contribution in [2.75, 3.05) is 0 Å². The first-order chi connectivity index (χ1) is 7.89. The van der Waals surface area contributed by atoms with Gasteiger partial charge in [-0.15, -0.1) is 0 Å². The van der Waals surface area contributed by atoms with Gasteiger partial charge in [-0.3, -0.25) is 3.59 Å². The van der Waals surface area contributed by atoms with E-state index in [0.29, 0.717) is 16.3 Å². The maximum absolute atomic E-state index is 12.6. The fraction of sp³-hybridized carbons (Fsp3) is 0.0909. The van der Waals surface area contributed by atoms with E-state index >= 15 is 0 Å². The highest BCUT2D eigenvalue weighted by atomic mass is 79.9.